The van der Waals surface area contributed by atoms with E-state index in [1.807, 2.05) is 0 Å². The molecule has 1 atom stereocenters. The maximum absolute atomic E-state index is 11.2. The van der Waals surface area contributed by atoms with Crippen molar-refractivity contribution in [3.63, 3.8) is 0 Å². The quantitative estimate of drug-likeness (QED) is 0.679. The molecule has 0 bridgehead atoms. The average Bonchev–Trinajstić information content (AvgIpc) is 2.70. The molecule has 4 nitrogen and oxygen atoms in total. The van der Waals surface area contributed by atoms with E-state index in [9.17, 15) is 9.59 Å². The van der Waals surface area contributed by atoms with Gasteiger partial charge in [-0.1, -0.05) is 0 Å². The Morgan fingerprint density at radius 1 is 1.29 bits per heavy atom. The molecule has 2 amide bonds. The molecule has 0 radical (unpaired) electrons. The molecule has 0 spiro atoms. The zero-order valence-electron chi connectivity index (χ0n) is 7.99. The third kappa shape index (κ3) is 2.25. The number of amides is 2. The van der Waals surface area contributed by atoms with Gasteiger partial charge in [0.1, 0.15) is 0 Å². The molecule has 2 rings (SSSR count). The Morgan fingerprint density at radius 3 is 2.43 bits per heavy atom. The van der Waals surface area contributed by atoms with E-state index in [0.29, 0.717) is 25.4 Å². The first-order chi connectivity index (χ1) is 6.27. The molecule has 2 aliphatic heterocycles. The lowest BCUT2D eigenvalue weighted by Gasteiger charge is -2.18. The standard InChI is InChI=1S/C9H14N2O2.ClH/c12-8-3-4-9(13)11(8)6-7-2-1-5-10-7;/h7,10H,1-6H2;1H. The van der Waals surface area contributed by atoms with Crippen LogP contribution in [0.1, 0.15) is 25.7 Å². The third-order valence-corrected chi connectivity index (χ3v) is 2.72. The number of carbonyl (C=O) groups excluding carboxylic acids is 2. The smallest absolute Gasteiger partial charge is 0.229 e. The Kier molecular flexibility index (Phi) is 3.89. The number of imide groups is 1. The second-order valence-electron chi connectivity index (χ2n) is 3.69. The van der Waals surface area contributed by atoms with Crippen molar-refractivity contribution in [3.8, 4) is 0 Å². The number of halogens is 1. The van der Waals surface area contributed by atoms with Gasteiger partial charge in [0.15, 0.2) is 0 Å². The summed E-state index contributed by atoms with van der Waals surface area (Å²) in [6, 6.07) is 0.339. The zero-order valence-corrected chi connectivity index (χ0v) is 8.81. The van der Waals surface area contributed by atoms with Crippen LogP contribution < -0.4 is 5.32 Å². The van der Waals surface area contributed by atoms with Gasteiger partial charge < -0.3 is 5.32 Å². The van der Waals surface area contributed by atoms with Crippen LogP contribution in [0.15, 0.2) is 0 Å². The van der Waals surface area contributed by atoms with Crippen molar-refractivity contribution >= 4 is 24.2 Å². The Balaban J connectivity index is 0.000000980. The molecule has 0 saturated carbocycles. The van der Waals surface area contributed by atoms with Crippen molar-refractivity contribution in [1.29, 1.82) is 0 Å². The number of nitrogens with zero attached hydrogens (tertiary/aromatic N) is 1. The number of nitrogens with one attached hydrogen (secondary N) is 1. The highest BCUT2D eigenvalue weighted by Gasteiger charge is 2.31. The van der Waals surface area contributed by atoms with Gasteiger partial charge in [-0.15, -0.1) is 12.4 Å². The molecule has 0 aromatic heterocycles. The Labute approximate surface area is 89.4 Å². The summed E-state index contributed by atoms with van der Waals surface area (Å²) in [5.74, 6) is -0.00241. The first-order valence-electron chi connectivity index (χ1n) is 4.84. The number of carbonyl (C=O) groups is 2. The summed E-state index contributed by atoms with van der Waals surface area (Å²) in [6.45, 7) is 1.60. The van der Waals surface area contributed by atoms with Gasteiger partial charge in [-0.2, -0.15) is 0 Å². The van der Waals surface area contributed by atoms with Gasteiger partial charge in [-0.3, -0.25) is 14.5 Å². The van der Waals surface area contributed by atoms with Crippen LogP contribution in [0.25, 0.3) is 0 Å². The van der Waals surface area contributed by atoms with E-state index in [2.05, 4.69) is 5.32 Å². The zero-order chi connectivity index (χ0) is 9.26. The van der Waals surface area contributed by atoms with E-state index in [1.165, 1.54) is 4.90 Å². The van der Waals surface area contributed by atoms with Crippen LogP contribution in [0.4, 0.5) is 0 Å². The second-order valence-corrected chi connectivity index (χ2v) is 3.69. The van der Waals surface area contributed by atoms with Crippen molar-refractivity contribution in [2.24, 2.45) is 0 Å². The molecule has 5 heteroatoms. The van der Waals surface area contributed by atoms with E-state index in [0.717, 1.165) is 19.4 Å². The van der Waals surface area contributed by atoms with Gasteiger partial charge in [-0.25, -0.2) is 0 Å². The highest BCUT2D eigenvalue weighted by Crippen LogP contribution is 2.14. The molecule has 2 fully saturated rings. The molecule has 0 aliphatic carbocycles. The summed E-state index contributed by atoms with van der Waals surface area (Å²) in [5, 5.41) is 3.28. The van der Waals surface area contributed by atoms with Gasteiger partial charge in [0.25, 0.3) is 0 Å². The molecule has 80 valence electrons. The first-order valence-corrected chi connectivity index (χ1v) is 4.84. The molecule has 1 N–H and O–H groups in total. The Morgan fingerprint density at radius 2 is 1.93 bits per heavy atom. The van der Waals surface area contributed by atoms with Crippen molar-refractivity contribution < 1.29 is 9.59 Å². The summed E-state index contributed by atoms with van der Waals surface area (Å²) in [5.41, 5.74) is 0. The summed E-state index contributed by atoms with van der Waals surface area (Å²) >= 11 is 0. The van der Waals surface area contributed by atoms with Crippen molar-refractivity contribution in [3.05, 3.63) is 0 Å². The first kappa shape index (κ1) is 11.5. The summed E-state index contributed by atoms with van der Waals surface area (Å²) < 4.78 is 0. The van der Waals surface area contributed by atoms with Gasteiger partial charge in [-0.05, 0) is 19.4 Å². The van der Waals surface area contributed by atoms with Crippen LogP contribution in [0.2, 0.25) is 0 Å². The van der Waals surface area contributed by atoms with Gasteiger partial charge >= 0.3 is 0 Å². The topological polar surface area (TPSA) is 49.4 Å². The highest BCUT2D eigenvalue weighted by molar-refractivity contribution is 6.01. The number of hydrogen-bond acceptors (Lipinski definition) is 3. The molecule has 0 aromatic carbocycles. The third-order valence-electron chi connectivity index (χ3n) is 2.72. The van der Waals surface area contributed by atoms with Gasteiger partial charge in [0, 0.05) is 25.4 Å². The molecule has 14 heavy (non-hydrogen) atoms. The van der Waals surface area contributed by atoms with Crippen LogP contribution in [0, 0.1) is 0 Å². The van der Waals surface area contributed by atoms with E-state index >= 15 is 0 Å². The molecular weight excluding hydrogens is 204 g/mol. The SMILES string of the molecule is Cl.O=C1CCC(=O)N1CC1CCCN1. The fourth-order valence-corrected chi connectivity index (χ4v) is 1.96. The van der Waals surface area contributed by atoms with E-state index < -0.39 is 0 Å². The predicted octanol–water partition coefficient (Wildman–Crippen LogP) is 0.309. The van der Waals surface area contributed by atoms with Crippen molar-refractivity contribution in [2.45, 2.75) is 31.7 Å². The summed E-state index contributed by atoms with van der Waals surface area (Å²) in [7, 11) is 0. The lowest BCUT2D eigenvalue weighted by molar-refractivity contribution is -0.138. The second kappa shape index (κ2) is 4.75. The number of likely N-dealkylation sites (tertiary alicyclic amines) is 1. The van der Waals surface area contributed by atoms with E-state index in [4.69, 9.17) is 0 Å². The van der Waals surface area contributed by atoms with Crippen LogP contribution in [0.5, 0.6) is 0 Å². The van der Waals surface area contributed by atoms with Crippen molar-refractivity contribution in [1.82, 2.24) is 10.2 Å². The van der Waals surface area contributed by atoms with Crippen LogP contribution >= 0.6 is 12.4 Å². The number of hydrogen-bond donors (Lipinski definition) is 1. The lowest BCUT2D eigenvalue weighted by atomic mass is 10.2. The largest absolute Gasteiger partial charge is 0.312 e. The molecular formula is C9H15ClN2O2. The summed E-state index contributed by atoms with van der Waals surface area (Å²) in [6.07, 6.45) is 3.05. The molecule has 2 heterocycles. The van der Waals surface area contributed by atoms with E-state index in [1.54, 1.807) is 0 Å². The Bertz CT molecular complexity index is 223. The van der Waals surface area contributed by atoms with E-state index in [-0.39, 0.29) is 24.2 Å². The van der Waals surface area contributed by atoms with Crippen LogP contribution in [-0.2, 0) is 9.59 Å². The molecule has 2 saturated heterocycles. The fourth-order valence-electron chi connectivity index (χ4n) is 1.96. The summed E-state index contributed by atoms with van der Waals surface area (Å²) in [4.78, 5) is 23.9. The average molecular weight is 219 g/mol. The fraction of sp³-hybridized carbons (Fsp3) is 0.778. The number of rotatable bonds is 2. The maximum atomic E-state index is 11.2. The monoisotopic (exact) mass is 218 g/mol. The van der Waals surface area contributed by atoms with Crippen LogP contribution in [-0.4, -0.2) is 35.8 Å². The highest BCUT2D eigenvalue weighted by atomic mass is 35.5. The van der Waals surface area contributed by atoms with Crippen LogP contribution in [0.3, 0.4) is 0 Å². The van der Waals surface area contributed by atoms with Gasteiger partial charge in [0.05, 0.1) is 0 Å². The minimum absolute atomic E-state index is 0. The molecule has 0 aromatic rings. The molecule has 1 unspecified atom stereocenters. The molecule has 2 aliphatic rings. The Hall–Kier alpha value is -0.610. The normalized spacial score (nSPS) is 26.9. The minimum atomic E-state index is -0.00120. The maximum Gasteiger partial charge on any atom is 0.229 e. The van der Waals surface area contributed by atoms with Gasteiger partial charge in [0.2, 0.25) is 11.8 Å². The predicted molar refractivity (Wildman–Crippen MR) is 54.2 cm³/mol. The minimum Gasteiger partial charge on any atom is -0.312 e. The van der Waals surface area contributed by atoms with Crippen molar-refractivity contribution in [2.75, 3.05) is 13.1 Å². The lowest BCUT2D eigenvalue weighted by Crippen LogP contribution is -2.40.